The Morgan fingerprint density at radius 2 is 1.61 bits per heavy atom. The van der Waals surface area contributed by atoms with E-state index in [0.29, 0.717) is 5.54 Å². The molecule has 0 spiro atoms. The zero-order valence-corrected chi connectivity index (χ0v) is 27.1. The van der Waals surface area contributed by atoms with Crippen LogP contribution in [-0.2, 0) is 32.6 Å². The number of aryl methyl sites for hydroxylation is 3. The summed E-state index contributed by atoms with van der Waals surface area (Å²) in [4.78, 5) is 0. The van der Waals surface area contributed by atoms with Gasteiger partial charge < -0.3 is 29.2 Å². The number of rotatable bonds is 4. The Morgan fingerprint density at radius 1 is 0.917 bits per heavy atom. The first-order valence-corrected chi connectivity index (χ1v) is 15.5. The van der Waals surface area contributed by atoms with Gasteiger partial charge in [-0.2, -0.15) is 6.07 Å². The minimum atomic E-state index is -1.10. The summed E-state index contributed by atoms with van der Waals surface area (Å²) in [6.45, 7) is 13.6. The van der Waals surface area contributed by atoms with E-state index in [1.54, 1.807) is 10.8 Å². The normalized spacial score (nSPS) is 16.1. The molecule has 3 heterocycles. The first-order chi connectivity index (χ1) is 15.8. The van der Waals surface area contributed by atoms with Gasteiger partial charge in [0.05, 0.1) is 8.07 Å². The molecule has 1 aromatic heterocycles. The SMILES string of the molecule is CC1=C2c3cc(C)oc3C1[Si]2(C)C.CCCCc1ccc(-c2cccc3[cH-]c(C)cc23)cc1.[Cl-].[Cl-].[Zr+3]. The molecule has 1 aliphatic carbocycles. The summed E-state index contributed by atoms with van der Waals surface area (Å²) in [6, 6.07) is 22.4. The van der Waals surface area contributed by atoms with E-state index in [4.69, 9.17) is 4.42 Å². The number of fused-ring (bicyclic) bond motifs is 1. The van der Waals surface area contributed by atoms with Crippen LogP contribution < -0.4 is 24.8 Å². The molecule has 1 nitrogen and oxygen atoms in total. The third kappa shape index (κ3) is 5.32. The van der Waals surface area contributed by atoms with Crippen molar-refractivity contribution in [3.63, 3.8) is 0 Å². The van der Waals surface area contributed by atoms with Crippen LogP contribution in [0.1, 0.15) is 60.4 Å². The number of benzene rings is 2. The maximum absolute atomic E-state index is 5.78. The van der Waals surface area contributed by atoms with Crippen molar-refractivity contribution >= 4 is 24.0 Å². The fourth-order valence-corrected chi connectivity index (χ4v) is 10.4. The molecule has 0 N–H and O–H groups in total. The average Bonchev–Trinajstić information content (AvgIpc) is 3.46. The van der Waals surface area contributed by atoms with E-state index in [9.17, 15) is 0 Å². The van der Waals surface area contributed by atoms with Gasteiger partial charge in [-0.1, -0.05) is 74.8 Å². The van der Waals surface area contributed by atoms with E-state index in [2.05, 4.69) is 94.5 Å². The number of allylic oxidation sites excluding steroid dienone is 1. The van der Waals surface area contributed by atoms with Crippen LogP contribution in [0.2, 0.25) is 13.1 Å². The molecule has 1 radical (unpaired) electrons. The van der Waals surface area contributed by atoms with E-state index in [-0.39, 0.29) is 51.0 Å². The number of halogens is 2. The van der Waals surface area contributed by atoms with Crippen molar-refractivity contribution in [3.8, 4) is 11.1 Å². The topological polar surface area (TPSA) is 13.1 Å². The number of furan rings is 1. The molecule has 187 valence electrons. The van der Waals surface area contributed by atoms with Gasteiger partial charge >= 0.3 is 26.2 Å². The Kier molecular flexibility index (Phi) is 10.4. The Balaban J connectivity index is 0.000000250. The van der Waals surface area contributed by atoms with Crippen molar-refractivity contribution in [3.05, 3.63) is 94.4 Å². The maximum atomic E-state index is 5.78. The van der Waals surface area contributed by atoms with Crippen LogP contribution in [-0.4, -0.2) is 8.07 Å². The van der Waals surface area contributed by atoms with Crippen molar-refractivity contribution in [1.29, 1.82) is 0 Å². The summed E-state index contributed by atoms with van der Waals surface area (Å²) in [7, 11) is -1.10. The van der Waals surface area contributed by atoms with Crippen molar-refractivity contribution in [2.45, 2.75) is 65.6 Å². The van der Waals surface area contributed by atoms with E-state index >= 15 is 0 Å². The molecule has 2 bridgehead atoms. The van der Waals surface area contributed by atoms with Crippen molar-refractivity contribution in [2.75, 3.05) is 0 Å². The second kappa shape index (κ2) is 12.1. The van der Waals surface area contributed by atoms with Gasteiger partial charge in [-0.3, -0.25) is 0 Å². The van der Waals surface area contributed by atoms with Crippen molar-refractivity contribution in [1.82, 2.24) is 0 Å². The number of hydrogen-bond acceptors (Lipinski definition) is 1. The molecule has 36 heavy (non-hydrogen) atoms. The van der Waals surface area contributed by atoms with Crippen LogP contribution in [0.3, 0.4) is 0 Å². The van der Waals surface area contributed by atoms with Gasteiger partial charge in [0.15, 0.2) is 0 Å². The molecule has 3 aliphatic rings. The zero-order chi connectivity index (χ0) is 23.3. The first-order valence-electron chi connectivity index (χ1n) is 12.4. The van der Waals surface area contributed by atoms with Gasteiger partial charge in [-0.25, -0.2) is 0 Å². The molecular formula is C31H35Cl2OSiZr. The van der Waals surface area contributed by atoms with E-state index < -0.39 is 8.07 Å². The van der Waals surface area contributed by atoms with Crippen LogP contribution in [0.4, 0.5) is 0 Å². The second-order valence-corrected chi connectivity index (χ2v) is 15.0. The fraction of sp³-hybridized carbons (Fsp3) is 0.323. The zero-order valence-electron chi connectivity index (χ0n) is 22.1. The summed E-state index contributed by atoms with van der Waals surface area (Å²) in [5, 5.41) is 4.38. The monoisotopic (exact) mass is 611 g/mol. The minimum Gasteiger partial charge on any atom is -1.00 e. The van der Waals surface area contributed by atoms with E-state index in [0.717, 1.165) is 5.76 Å². The molecule has 4 aromatic rings. The molecule has 0 saturated carbocycles. The van der Waals surface area contributed by atoms with E-state index in [1.165, 1.54) is 63.6 Å². The van der Waals surface area contributed by atoms with Crippen LogP contribution in [0, 0.1) is 13.8 Å². The van der Waals surface area contributed by atoms with Gasteiger partial charge in [-0.05, 0) is 49.1 Å². The molecule has 7 rings (SSSR count). The summed E-state index contributed by atoms with van der Waals surface area (Å²) < 4.78 is 5.78. The molecule has 0 amide bonds. The molecule has 5 heteroatoms. The van der Waals surface area contributed by atoms with Crippen molar-refractivity contribution in [2.24, 2.45) is 0 Å². The Bertz CT molecular complexity index is 1360. The fourth-order valence-electron chi connectivity index (χ4n) is 6.15. The minimum absolute atomic E-state index is 0. The smallest absolute Gasteiger partial charge is 1.00 e. The summed E-state index contributed by atoms with van der Waals surface area (Å²) >= 11 is 0. The third-order valence-corrected chi connectivity index (χ3v) is 11.7. The van der Waals surface area contributed by atoms with Crippen LogP contribution in [0.15, 0.2) is 70.7 Å². The second-order valence-electron chi connectivity index (χ2n) is 10.5. The standard InChI is InChI=1S/C20H21.C11H14OSi.2ClH.Zr/c1-3-4-6-16-9-11-17(12-10-16)19-8-5-7-18-13-15(2)14-20(18)19;1-6-5-8-9(12-6)11-7(2)10(8)13(11,3)4;;;/h5,7-14H,3-4,6H2,1-2H3;5,11H,1-4H3;2*1H;/q-1;;;;+3/p-2. The van der Waals surface area contributed by atoms with Crippen LogP contribution in [0.25, 0.3) is 27.1 Å². The summed E-state index contributed by atoms with van der Waals surface area (Å²) in [6.07, 6.45) is 3.72. The quantitative estimate of drug-likeness (QED) is 0.255. The Morgan fingerprint density at radius 3 is 2.22 bits per heavy atom. The molecule has 2 aliphatic heterocycles. The van der Waals surface area contributed by atoms with Gasteiger partial charge in [-0.15, -0.1) is 34.5 Å². The molecule has 0 saturated heterocycles. The third-order valence-electron chi connectivity index (χ3n) is 7.59. The summed E-state index contributed by atoms with van der Waals surface area (Å²) in [5.41, 5.74) is 9.18. The molecular weight excluding hydrogens is 579 g/mol. The largest absolute Gasteiger partial charge is 3.00 e. The number of unbranched alkanes of at least 4 members (excludes halogenated alkanes) is 1. The predicted octanol–water partition coefficient (Wildman–Crippen LogP) is 3.14. The van der Waals surface area contributed by atoms with Gasteiger partial charge in [0.25, 0.3) is 0 Å². The van der Waals surface area contributed by atoms with Gasteiger partial charge in [0.2, 0.25) is 0 Å². The Labute approximate surface area is 249 Å². The van der Waals surface area contributed by atoms with Crippen molar-refractivity contribution < 1.29 is 55.4 Å². The summed E-state index contributed by atoms with van der Waals surface area (Å²) in [5.74, 6) is 2.35. The first kappa shape index (κ1) is 31.0. The maximum Gasteiger partial charge on any atom is 3.00 e. The average molecular weight is 614 g/mol. The Hall–Kier alpha value is -1.25. The predicted molar refractivity (Wildman–Crippen MR) is 145 cm³/mol. The van der Waals surface area contributed by atoms with E-state index in [1.807, 2.05) is 6.92 Å². The number of hydrogen-bond donors (Lipinski definition) is 0. The van der Waals surface area contributed by atoms with Crippen LogP contribution >= 0.6 is 0 Å². The molecule has 3 aromatic carbocycles. The molecule has 0 fully saturated rings. The van der Waals surface area contributed by atoms with Gasteiger partial charge in [0.1, 0.15) is 11.5 Å². The van der Waals surface area contributed by atoms with Crippen LogP contribution in [0.5, 0.6) is 0 Å². The molecule has 1 unspecified atom stereocenters. The molecule has 1 atom stereocenters. The van der Waals surface area contributed by atoms with Gasteiger partial charge in [0, 0.05) is 11.1 Å².